The van der Waals surface area contributed by atoms with Crippen molar-refractivity contribution in [2.45, 2.75) is 57.5 Å². The van der Waals surface area contributed by atoms with Crippen molar-refractivity contribution in [3.05, 3.63) is 72.8 Å². The van der Waals surface area contributed by atoms with Crippen molar-refractivity contribution in [1.29, 1.82) is 0 Å². The highest BCUT2D eigenvalue weighted by Crippen LogP contribution is 2.48. The third kappa shape index (κ3) is 3.95. The number of benzene rings is 2. The highest BCUT2D eigenvalue weighted by atomic mass is 32.2. The Bertz CT molecular complexity index is 1220. The lowest BCUT2D eigenvalue weighted by atomic mass is 9.94. The van der Waals surface area contributed by atoms with Crippen molar-refractivity contribution >= 4 is 19.7 Å². The molecule has 3 aliphatic rings. The quantitative estimate of drug-likeness (QED) is 0.551. The van der Waals surface area contributed by atoms with Crippen LogP contribution in [0.5, 0.6) is 0 Å². The van der Waals surface area contributed by atoms with E-state index < -0.39 is 48.2 Å². The van der Waals surface area contributed by atoms with Crippen LogP contribution in [0.15, 0.2) is 82.6 Å². The summed E-state index contributed by atoms with van der Waals surface area (Å²) in [5.74, 6) is 0. The lowest BCUT2D eigenvalue weighted by molar-refractivity contribution is -0.185. The first-order valence-electron chi connectivity index (χ1n) is 11.0. The van der Waals surface area contributed by atoms with Crippen LogP contribution in [-0.4, -0.2) is 58.5 Å². The number of rotatable bonds is 7. The van der Waals surface area contributed by atoms with E-state index in [9.17, 15) is 16.8 Å². The van der Waals surface area contributed by atoms with E-state index in [0.717, 1.165) is 12.8 Å². The van der Waals surface area contributed by atoms with Crippen molar-refractivity contribution < 1.29 is 31.0 Å². The van der Waals surface area contributed by atoms with Gasteiger partial charge in [0.2, 0.25) is 0 Å². The number of sulfone groups is 2. The summed E-state index contributed by atoms with van der Waals surface area (Å²) in [6, 6.07) is 15.8. The van der Waals surface area contributed by atoms with Gasteiger partial charge in [-0.25, -0.2) is 16.8 Å². The van der Waals surface area contributed by atoms with Crippen LogP contribution in [0.25, 0.3) is 0 Å². The predicted molar refractivity (Wildman–Crippen MR) is 121 cm³/mol. The Kier molecular flexibility index (Phi) is 5.95. The lowest BCUT2D eigenvalue weighted by Gasteiger charge is -2.34. The molecule has 33 heavy (non-hydrogen) atoms. The molecule has 7 nitrogen and oxygen atoms in total. The van der Waals surface area contributed by atoms with Crippen LogP contribution in [0.4, 0.5) is 0 Å². The molecule has 2 fully saturated rings. The Morgan fingerprint density at radius 3 is 2.12 bits per heavy atom. The van der Waals surface area contributed by atoms with Crippen LogP contribution >= 0.6 is 0 Å². The van der Waals surface area contributed by atoms with Crippen LogP contribution in [0.2, 0.25) is 0 Å². The van der Waals surface area contributed by atoms with Crippen molar-refractivity contribution in [2.24, 2.45) is 0 Å². The first kappa shape index (κ1) is 22.7. The molecule has 3 heterocycles. The first-order chi connectivity index (χ1) is 15.8. The predicted octanol–water partition coefficient (Wildman–Crippen LogP) is 2.92. The maximum atomic E-state index is 13.9. The average Bonchev–Trinajstić information content (AvgIpc) is 3.42. The zero-order chi connectivity index (χ0) is 23.1. The molecule has 2 aromatic rings. The van der Waals surface area contributed by atoms with Gasteiger partial charge in [-0.1, -0.05) is 48.6 Å². The van der Waals surface area contributed by atoms with Crippen LogP contribution in [-0.2, 0) is 33.9 Å². The summed E-state index contributed by atoms with van der Waals surface area (Å²) in [5, 5.41) is -2.66. The van der Waals surface area contributed by atoms with Gasteiger partial charge in [0.25, 0.3) is 0 Å². The van der Waals surface area contributed by atoms with Gasteiger partial charge >= 0.3 is 0 Å². The third-order valence-electron chi connectivity index (χ3n) is 6.50. The van der Waals surface area contributed by atoms with Crippen LogP contribution < -0.4 is 0 Å². The minimum atomic E-state index is -4.10. The van der Waals surface area contributed by atoms with Gasteiger partial charge in [-0.05, 0) is 43.5 Å². The number of hydrogen-bond donors (Lipinski definition) is 0. The van der Waals surface area contributed by atoms with E-state index in [0.29, 0.717) is 13.0 Å². The standard InChI is InChI=1S/C24H26O7S2/c25-32(26,18-9-3-1-4-10-18)22-20-14-15-24(31-20,17-30-21-13-7-8-16-29-21)23(22)33(27,28)19-11-5-2-6-12-19/h1-6,9-12,14-15,20-23H,7-8,13,16-17H2/t20-,21+,22-,23-,24+/m1/s1. The zero-order valence-electron chi connectivity index (χ0n) is 17.9. The van der Waals surface area contributed by atoms with Gasteiger partial charge in [-0.2, -0.15) is 0 Å². The fourth-order valence-electron chi connectivity index (χ4n) is 4.91. The maximum absolute atomic E-state index is 13.9. The fraction of sp³-hybridized carbons (Fsp3) is 0.417. The molecule has 0 saturated carbocycles. The zero-order valence-corrected chi connectivity index (χ0v) is 19.6. The van der Waals surface area contributed by atoms with Crippen molar-refractivity contribution in [3.8, 4) is 0 Å². The highest BCUT2D eigenvalue weighted by Gasteiger charge is 2.66. The summed E-state index contributed by atoms with van der Waals surface area (Å²) in [5.41, 5.74) is -1.42. The summed E-state index contributed by atoms with van der Waals surface area (Å²) in [7, 11) is -8.13. The second-order valence-corrected chi connectivity index (χ2v) is 12.8. The lowest BCUT2D eigenvalue weighted by Crippen LogP contribution is -2.54. The molecular formula is C24H26O7S2. The number of ether oxygens (including phenoxy) is 3. The fourth-order valence-corrected chi connectivity index (χ4v) is 9.76. The summed E-state index contributed by atoms with van der Waals surface area (Å²) >= 11 is 0. The molecule has 0 N–H and O–H groups in total. The molecule has 2 bridgehead atoms. The van der Waals surface area contributed by atoms with E-state index in [4.69, 9.17) is 14.2 Å². The number of fused-ring (bicyclic) bond motifs is 2. The Morgan fingerprint density at radius 2 is 1.52 bits per heavy atom. The normalized spacial score (nSPS) is 31.6. The topological polar surface area (TPSA) is 96.0 Å². The maximum Gasteiger partial charge on any atom is 0.185 e. The van der Waals surface area contributed by atoms with E-state index in [1.54, 1.807) is 48.6 Å². The Morgan fingerprint density at radius 1 is 0.879 bits per heavy atom. The number of hydrogen-bond acceptors (Lipinski definition) is 7. The molecule has 5 rings (SSSR count). The molecule has 0 aliphatic carbocycles. The van der Waals surface area contributed by atoms with Gasteiger partial charge in [-0.15, -0.1) is 0 Å². The minimum Gasteiger partial charge on any atom is -0.358 e. The molecule has 0 spiro atoms. The van der Waals surface area contributed by atoms with Crippen LogP contribution in [0.3, 0.4) is 0 Å². The largest absolute Gasteiger partial charge is 0.358 e. The Balaban J connectivity index is 1.57. The van der Waals surface area contributed by atoms with Crippen LogP contribution in [0.1, 0.15) is 19.3 Å². The van der Waals surface area contributed by atoms with E-state index in [1.807, 2.05) is 0 Å². The Labute approximate surface area is 194 Å². The monoisotopic (exact) mass is 490 g/mol. The molecule has 9 heteroatoms. The minimum absolute atomic E-state index is 0.0566. The van der Waals surface area contributed by atoms with Gasteiger partial charge in [0.15, 0.2) is 26.0 Å². The molecule has 176 valence electrons. The van der Waals surface area contributed by atoms with E-state index in [1.165, 1.54) is 24.3 Å². The summed E-state index contributed by atoms with van der Waals surface area (Å²) < 4.78 is 73.0. The molecule has 0 unspecified atom stereocenters. The van der Waals surface area contributed by atoms with E-state index >= 15 is 0 Å². The van der Waals surface area contributed by atoms with Crippen molar-refractivity contribution in [3.63, 3.8) is 0 Å². The highest BCUT2D eigenvalue weighted by molar-refractivity contribution is 7.96. The molecular weight excluding hydrogens is 464 g/mol. The molecule has 3 aliphatic heterocycles. The van der Waals surface area contributed by atoms with Crippen molar-refractivity contribution in [2.75, 3.05) is 13.2 Å². The molecule has 0 amide bonds. The van der Waals surface area contributed by atoms with Gasteiger partial charge in [0, 0.05) is 6.61 Å². The molecule has 2 saturated heterocycles. The Hall–Kier alpha value is -2.04. The second kappa shape index (κ2) is 8.63. The molecule has 0 aromatic heterocycles. The van der Waals surface area contributed by atoms with E-state index in [2.05, 4.69) is 0 Å². The third-order valence-corrected chi connectivity index (χ3v) is 11.1. The van der Waals surface area contributed by atoms with Crippen molar-refractivity contribution in [1.82, 2.24) is 0 Å². The second-order valence-electron chi connectivity index (χ2n) is 8.61. The van der Waals surface area contributed by atoms with Gasteiger partial charge in [0.05, 0.1) is 22.5 Å². The summed E-state index contributed by atoms with van der Waals surface area (Å²) in [6.07, 6.45) is 4.55. The van der Waals surface area contributed by atoms with E-state index in [-0.39, 0.29) is 16.4 Å². The summed E-state index contributed by atoms with van der Waals surface area (Å²) in [4.78, 5) is 0.126. The van der Waals surface area contributed by atoms with Gasteiger partial charge < -0.3 is 14.2 Å². The smallest absolute Gasteiger partial charge is 0.185 e. The summed E-state index contributed by atoms with van der Waals surface area (Å²) in [6.45, 7) is 0.468. The first-order valence-corrected chi connectivity index (χ1v) is 14.1. The molecule has 2 aromatic carbocycles. The van der Waals surface area contributed by atoms with Gasteiger partial charge in [0.1, 0.15) is 16.1 Å². The average molecular weight is 491 g/mol. The SMILES string of the molecule is O=S(=O)(c1ccccc1)[C@H]1[C@@H](S(=O)(=O)c2ccccc2)[C@@]2(CO[C@H]3CCCCO3)C=C[C@H]1O2. The molecule has 5 atom stereocenters. The van der Waals surface area contributed by atoms with Crippen LogP contribution in [0, 0.1) is 0 Å². The van der Waals surface area contributed by atoms with Gasteiger partial charge in [-0.3, -0.25) is 0 Å². The molecule has 0 radical (unpaired) electrons.